The number of imidazole rings is 1. The molecule has 1 aromatic heterocycles. The Hall–Kier alpha value is -1.68. The highest BCUT2D eigenvalue weighted by Crippen LogP contribution is 2.19. The molecule has 84 valence electrons. The lowest BCUT2D eigenvalue weighted by Gasteiger charge is -2.16. The Morgan fingerprint density at radius 3 is 2.69 bits per heavy atom. The number of aromatic nitrogens is 2. The molecule has 0 aliphatic carbocycles. The summed E-state index contributed by atoms with van der Waals surface area (Å²) in [5, 5.41) is 9.13. The number of hydrogen-bond donors (Lipinski definition) is 1. The maximum absolute atomic E-state index is 12.8. The van der Waals surface area contributed by atoms with Gasteiger partial charge in [0, 0.05) is 0 Å². The largest absolute Gasteiger partial charge is 0.390 e. The summed E-state index contributed by atoms with van der Waals surface area (Å²) in [6, 6.07) is 6.37. The van der Waals surface area contributed by atoms with Crippen LogP contribution in [0, 0.1) is 5.82 Å². The average Bonchev–Trinajstić information content (AvgIpc) is 2.77. The van der Waals surface area contributed by atoms with Crippen LogP contribution in [0.1, 0.15) is 24.2 Å². The SMILES string of the molecule is CC(c1ccc(F)cc1)n1cncc1CO. The molecule has 1 unspecified atom stereocenters. The van der Waals surface area contributed by atoms with Gasteiger partial charge in [-0.25, -0.2) is 9.37 Å². The van der Waals surface area contributed by atoms with Crippen molar-refractivity contribution in [2.24, 2.45) is 0 Å². The summed E-state index contributed by atoms with van der Waals surface area (Å²) in [5.74, 6) is -0.246. The van der Waals surface area contributed by atoms with E-state index in [2.05, 4.69) is 4.98 Å². The number of aliphatic hydroxyl groups excluding tert-OH is 1. The van der Waals surface area contributed by atoms with Gasteiger partial charge in [0.25, 0.3) is 0 Å². The molecule has 0 aliphatic heterocycles. The molecule has 0 radical (unpaired) electrons. The summed E-state index contributed by atoms with van der Waals surface area (Å²) in [6.45, 7) is 1.93. The van der Waals surface area contributed by atoms with Crippen LogP contribution in [0.25, 0.3) is 0 Å². The average molecular weight is 220 g/mol. The van der Waals surface area contributed by atoms with Gasteiger partial charge in [-0.05, 0) is 24.6 Å². The lowest BCUT2D eigenvalue weighted by molar-refractivity contribution is 0.269. The maximum atomic E-state index is 12.8. The van der Waals surface area contributed by atoms with Gasteiger partial charge in [-0.1, -0.05) is 12.1 Å². The van der Waals surface area contributed by atoms with Crippen molar-refractivity contribution in [3.8, 4) is 0 Å². The van der Waals surface area contributed by atoms with Gasteiger partial charge in [-0.3, -0.25) is 0 Å². The van der Waals surface area contributed by atoms with Crippen molar-refractivity contribution in [1.29, 1.82) is 0 Å². The third-order valence-electron chi connectivity index (χ3n) is 2.68. The third-order valence-corrected chi connectivity index (χ3v) is 2.68. The summed E-state index contributed by atoms with van der Waals surface area (Å²) < 4.78 is 14.6. The van der Waals surface area contributed by atoms with Crippen LogP contribution >= 0.6 is 0 Å². The van der Waals surface area contributed by atoms with E-state index in [-0.39, 0.29) is 18.5 Å². The van der Waals surface area contributed by atoms with Crippen molar-refractivity contribution in [2.45, 2.75) is 19.6 Å². The van der Waals surface area contributed by atoms with E-state index in [1.54, 1.807) is 24.7 Å². The number of benzene rings is 1. The van der Waals surface area contributed by atoms with Crippen molar-refractivity contribution >= 4 is 0 Å². The molecule has 0 bridgehead atoms. The molecular formula is C12H13FN2O. The van der Waals surface area contributed by atoms with Crippen LogP contribution in [0.4, 0.5) is 4.39 Å². The minimum atomic E-state index is -0.246. The molecule has 4 heteroatoms. The molecular weight excluding hydrogens is 207 g/mol. The highest BCUT2D eigenvalue weighted by atomic mass is 19.1. The Morgan fingerprint density at radius 1 is 1.38 bits per heavy atom. The molecule has 0 fully saturated rings. The van der Waals surface area contributed by atoms with E-state index in [9.17, 15) is 4.39 Å². The van der Waals surface area contributed by atoms with Gasteiger partial charge in [-0.2, -0.15) is 0 Å². The Kier molecular flexibility index (Phi) is 3.01. The lowest BCUT2D eigenvalue weighted by atomic mass is 10.1. The third kappa shape index (κ3) is 1.97. The molecule has 1 atom stereocenters. The first-order valence-electron chi connectivity index (χ1n) is 5.09. The first kappa shape index (κ1) is 10.8. The van der Waals surface area contributed by atoms with Gasteiger partial charge >= 0.3 is 0 Å². The Labute approximate surface area is 93.2 Å². The Balaban J connectivity index is 2.31. The summed E-state index contributed by atoms with van der Waals surface area (Å²) >= 11 is 0. The van der Waals surface area contributed by atoms with Crippen LogP contribution in [0.3, 0.4) is 0 Å². The Morgan fingerprint density at radius 2 is 2.06 bits per heavy atom. The van der Waals surface area contributed by atoms with Crippen molar-refractivity contribution in [1.82, 2.24) is 9.55 Å². The van der Waals surface area contributed by atoms with Crippen molar-refractivity contribution in [3.63, 3.8) is 0 Å². The number of aliphatic hydroxyl groups is 1. The van der Waals surface area contributed by atoms with Crippen LogP contribution in [-0.4, -0.2) is 14.7 Å². The number of halogens is 1. The number of nitrogens with zero attached hydrogens (tertiary/aromatic N) is 2. The second-order valence-electron chi connectivity index (χ2n) is 3.68. The summed E-state index contributed by atoms with van der Waals surface area (Å²) in [6.07, 6.45) is 3.29. The van der Waals surface area contributed by atoms with E-state index in [4.69, 9.17) is 5.11 Å². The van der Waals surface area contributed by atoms with E-state index in [1.165, 1.54) is 12.1 Å². The molecule has 0 saturated heterocycles. The zero-order chi connectivity index (χ0) is 11.5. The molecule has 1 heterocycles. The molecule has 2 rings (SSSR count). The van der Waals surface area contributed by atoms with Crippen LogP contribution < -0.4 is 0 Å². The first-order valence-corrected chi connectivity index (χ1v) is 5.09. The molecule has 16 heavy (non-hydrogen) atoms. The minimum Gasteiger partial charge on any atom is -0.390 e. The summed E-state index contributed by atoms with van der Waals surface area (Å²) in [5.41, 5.74) is 1.73. The zero-order valence-corrected chi connectivity index (χ0v) is 8.97. The molecule has 0 amide bonds. The van der Waals surface area contributed by atoms with Gasteiger partial charge in [0.2, 0.25) is 0 Å². The fourth-order valence-corrected chi connectivity index (χ4v) is 1.71. The van der Waals surface area contributed by atoms with Crippen LogP contribution in [0.2, 0.25) is 0 Å². The predicted octanol–water partition coefficient (Wildman–Crippen LogP) is 2.12. The van der Waals surface area contributed by atoms with Gasteiger partial charge < -0.3 is 9.67 Å². The molecule has 0 aliphatic rings. The molecule has 2 aromatic rings. The maximum Gasteiger partial charge on any atom is 0.123 e. The van der Waals surface area contributed by atoms with Gasteiger partial charge in [-0.15, -0.1) is 0 Å². The molecule has 1 N–H and O–H groups in total. The zero-order valence-electron chi connectivity index (χ0n) is 8.97. The van der Waals surface area contributed by atoms with Crippen molar-refractivity contribution in [3.05, 3.63) is 53.9 Å². The van der Waals surface area contributed by atoms with E-state index in [1.807, 2.05) is 11.5 Å². The van der Waals surface area contributed by atoms with E-state index in [0.29, 0.717) is 0 Å². The normalized spacial score (nSPS) is 12.7. The van der Waals surface area contributed by atoms with Crippen LogP contribution in [0.5, 0.6) is 0 Å². The fraction of sp³-hybridized carbons (Fsp3) is 0.250. The topological polar surface area (TPSA) is 38.0 Å². The molecule has 0 saturated carbocycles. The second kappa shape index (κ2) is 4.45. The van der Waals surface area contributed by atoms with Crippen LogP contribution in [0.15, 0.2) is 36.8 Å². The first-order chi connectivity index (χ1) is 7.72. The molecule has 1 aromatic carbocycles. The Bertz CT molecular complexity index is 464. The summed E-state index contributed by atoms with van der Waals surface area (Å²) in [4.78, 5) is 3.99. The summed E-state index contributed by atoms with van der Waals surface area (Å²) in [7, 11) is 0. The van der Waals surface area contributed by atoms with Gasteiger partial charge in [0.05, 0.1) is 30.9 Å². The quantitative estimate of drug-likeness (QED) is 0.860. The lowest BCUT2D eigenvalue weighted by Crippen LogP contribution is -2.09. The standard InChI is InChI=1S/C12H13FN2O/c1-9(10-2-4-11(13)5-3-10)15-8-14-6-12(15)7-16/h2-6,8-9,16H,7H2,1H3. The van der Waals surface area contributed by atoms with E-state index >= 15 is 0 Å². The highest BCUT2D eigenvalue weighted by molar-refractivity contribution is 5.21. The number of rotatable bonds is 3. The highest BCUT2D eigenvalue weighted by Gasteiger charge is 2.10. The van der Waals surface area contributed by atoms with Crippen molar-refractivity contribution in [2.75, 3.05) is 0 Å². The van der Waals surface area contributed by atoms with Gasteiger partial charge in [0.1, 0.15) is 5.82 Å². The van der Waals surface area contributed by atoms with E-state index < -0.39 is 0 Å². The molecule has 0 spiro atoms. The molecule has 3 nitrogen and oxygen atoms in total. The van der Waals surface area contributed by atoms with Crippen LogP contribution in [-0.2, 0) is 6.61 Å². The van der Waals surface area contributed by atoms with E-state index in [0.717, 1.165) is 11.3 Å². The fourth-order valence-electron chi connectivity index (χ4n) is 1.71. The van der Waals surface area contributed by atoms with Gasteiger partial charge in [0.15, 0.2) is 0 Å². The minimum absolute atomic E-state index is 0.0326. The second-order valence-corrected chi connectivity index (χ2v) is 3.68. The smallest absolute Gasteiger partial charge is 0.123 e. The number of hydrogen-bond acceptors (Lipinski definition) is 2. The predicted molar refractivity (Wildman–Crippen MR) is 58.4 cm³/mol. The van der Waals surface area contributed by atoms with Crippen molar-refractivity contribution < 1.29 is 9.50 Å². The monoisotopic (exact) mass is 220 g/mol.